The summed E-state index contributed by atoms with van der Waals surface area (Å²) < 4.78 is 5.01. The Balaban J connectivity index is 1.53. The highest BCUT2D eigenvalue weighted by Crippen LogP contribution is 2.28. The molecule has 3 aromatic rings. The summed E-state index contributed by atoms with van der Waals surface area (Å²) in [6.07, 6.45) is 8.63. The third-order valence-electron chi connectivity index (χ3n) is 5.75. The van der Waals surface area contributed by atoms with E-state index in [2.05, 4.69) is 20.3 Å². The predicted octanol–water partition coefficient (Wildman–Crippen LogP) is 3.53. The molecule has 4 rings (SSSR count). The molecule has 1 fully saturated rings. The fourth-order valence-corrected chi connectivity index (χ4v) is 3.95. The van der Waals surface area contributed by atoms with Gasteiger partial charge in [-0.25, -0.2) is 19.7 Å². The molecule has 0 spiro atoms. The number of methoxy groups -OCH3 is 1. The molecule has 2 amide bonds. The topological polar surface area (TPSA) is 106 Å². The highest BCUT2D eigenvalue weighted by atomic mass is 16.5. The molecular weight excluding hydrogens is 404 g/mol. The van der Waals surface area contributed by atoms with Crippen LogP contribution in [0.4, 0.5) is 10.6 Å². The fourth-order valence-electron chi connectivity index (χ4n) is 3.95. The normalized spacial score (nSPS) is 18.1. The van der Waals surface area contributed by atoms with Crippen LogP contribution in [0.15, 0.2) is 61.1 Å². The van der Waals surface area contributed by atoms with Crippen molar-refractivity contribution in [2.24, 2.45) is 5.73 Å². The van der Waals surface area contributed by atoms with Crippen LogP contribution in [0.1, 0.15) is 31.2 Å². The predicted molar refractivity (Wildman–Crippen MR) is 123 cm³/mol. The van der Waals surface area contributed by atoms with E-state index in [0.717, 1.165) is 42.4 Å². The van der Waals surface area contributed by atoms with Crippen LogP contribution < -0.4 is 20.7 Å². The quantitative estimate of drug-likeness (QED) is 0.617. The number of hydrogen-bond acceptors (Lipinski definition) is 6. The number of urea groups is 1. The number of ether oxygens (including phenoxy) is 1. The van der Waals surface area contributed by atoms with Crippen molar-refractivity contribution >= 4 is 11.8 Å². The van der Waals surface area contributed by atoms with E-state index >= 15 is 0 Å². The van der Waals surface area contributed by atoms with Gasteiger partial charge in [0.2, 0.25) is 0 Å². The van der Waals surface area contributed by atoms with Gasteiger partial charge in [0.05, 0.1) is 7.11 Å². The number of hydrogen-bond donors (Lipinski definition) is 2. The smallest absolute Gasteiger partial charge is 0.323 e. The average Bonchev–Trinajstić information content (AvgIpc) is 2.85. The highest BCUT2D eigenvalue weighted by Gasteiger charge is 2.29. The third kappa shape index (κ3) is 5.20. The van der Waals surface area contributed by atoms with Crippen molar-refractivity contribution in [3.8, 4) is 17.1 Å². The summed E-state index contributed by atoms with van der Waals surface area (Å²) in [4.78, 5) is 27.9. The zero-order valence-electron chi connectivity index (χ0n) is 18.1. The van der Waals surface area contributed by atoms with Crippen molar-refractivity contribution in [1.29, 1.82) is 0 Å². The Morgan fingerprint density at radius 1 is 1.00 bits per heavy atom. The lowest BCUT2D eigenvalue weighted by atomic mass is 9.91. The van der Waals surface area contributed by atoms with E-state index in [1.165, 1.54) is 7.11 Å². The second kappa shape index (κ2) is 10.2. The van der Waals surface area contributed by atoms with Crippen molar-refractivity contribution < 1.29 is 9.53 Å². The maximum Gasteiger partial charge on any atom is 0.323 e. The number of carbonyl (C=O) groups excluding carboxylic acids is 1. The fraction of sp³-hybridized carbons (Fsp3) is 0.333. The maximum absolute atomic E-state index is 13.2. The van der Waals surface area contributed by atoms with Crippen molar-refractivity contribution in [2.45, 2.75) is 44.3 Å². The molecule has 0 saturated heterocycles. The molecule has 0 radical (unpaired) electrons. The Bertz CT molecular complexity index is 1000. The molecule has 0 unspecified atom stereocenters. The molecule has 32 heavy (non-hydrogen) atoms. The van der Waals surface area contributed by atoms with Crippen LogP contribution in [0, 0.1) is 0 Å². The number of rotatable bonds is 6. The average molecular weight is 433 g/mol. The van der Waals surface area contributed by atoms with Gasteiger partial charge in [-0.15, -0.1) is 0 Å². The Hall–Kier alpha value is -3.52. The lowest BCUT2D eigenvalue weighted by molar-refractivity contribution is 0.239. The maximum atomic E-state index is 13.2. The van der Waals surface area contributed by atoms with Crippen molar-refractivity contribution in [2.75, 3.05) is 12.0 Å². The summed E-state index contributed by atoms with van der Waals surface area (Å²) in [7, 11) is 1.53. The SMILES string of the molecule is COc1ncc(-c2ccc(N(C(=O)NCc3ccccc3)[C@H]3CC[C@H](N)CC3)nc2)cn1. The number of nitrogens with two attached hydrogens (primary N) is 1. The van der Waals surface area contributed by atoms with Crippen LogP contribution in [0.5, 0.6) is 6.01 Å². The molecule has 0 aliphatic heterocycles. The zero-order valence-corrected chi connectivity index (χ0v) is 18.1. The van der Waals surface area contributed by atoms with Crippen LogP contribution in [-0.2, 0) is 6.54 Å². The van der Waals surface area contributed by atoms with Crippen LogP contribution in [-0.4, -0.2) is 40.2 Å². The summed E-state index contributed by atoms with van der Waals surface area (Å²) in [5.74, 6) is 0.620. The van der Waals surface area contributed by atoms with Gasteiger partial charge >= 0.3 is 12.0 Å². The third-order valence-corrected chi connectivity index (χ3v) is 5.75. The lowest BCUT2D eigenvalue weighted by Gasteiger charge is -2.35. The van der Waals surface area contributed by atoms with Gasteiger partial charge in [-0.3, -0.25) is 4.90 Å². The van der Waals surface area contributed by atoms with Gasteiger partial charge in [0.15, 0.2) is 0 Å². The first-order chi connectivity index (χ1) is 15.6. The summed E-state index contributed by atoms with van der Waals surface area (Å²) in [6, 6.07) is 14.1. The molecule has 0 atom stereocenters. The van der Waals surface area contributed by atoms with E-state index < -0.39 is 0 Å². The van der Waals surface area contributed by atoms with Crippen molar-refractivity contribution in [1.82, 2.24) is 20.3 Å². The summed E-state index contributed by atoms with van der Waals surface area (Å²) in [6.45, 7) is 0.462. The second-order valence-electron chi connectivity index (χ2n) is 7.95. The van der Waals surface area contributed by atoms with Crippen molar-refractivity contribution in [3.05, 3.63) is 66.6 Å². The Morgan fingerprint density at radius 2 is 1.69 bits per heavy atom. The molecule has 8 heteroatoms. The first kappa shape index (κ1) is 21.7. The van der Waals surface area contributed by atoms with E-state index in [1.54, 1.807) is 23.5 Å². The van der Waals surface area contributed by atoms with E-state index in [4.69, 9.17) is 10.5 Å². The standard InChI is InChI=1S/C24H28N6O2/c1-32-23-27-15-19(16-28-23)18-7-12-22(26-14-18)30(21-10-8-20(25)9-11-21)24(31)29-13-17-5-3-2-4-6-17/h2-7,12,14-16,20-21H,8-11,13,25H2,1H3,(H,29,31)/t20-,21-. The molecule has 1 saturated carbocycles. The summed E-state index contributed by atoms with van der Waals surface area (Å²) >= 11 is 0. The Labute approximate surface area is 187 Å². The van der Waals surface area contributed by atoms with Gasteiger partial charge in [0.25, 0.3) is 0 Å². The highest BCUT2D eigenvalue weighted by molar-refractivity contribution is 5.91. The molecule has 0 bridgehead atoms. The van der Waals surface area contributed by atoms with Gasteiger partial charge in [-0.2, -0.15) is 0 Å². The summed E-state index contributed by atoms with van der Waals surface area (Å²) in [5.41, 5.74) is 8.84. The molecule has 3 N–H and O–H groups in total. The van der Waals surface area contributed by atoms with Gasteiger partial charge in [0.1, 0.15) is 5.82 Å². The molecule has 1 aromatic carbocycles. The minimum absolute atomic E-state index is 0.0632. The number of pyridine rings is 1. The van der Waals surface area contributed by atoms with Crippen LogP contribution >= 0.6 is 0 Å². The number of aromatic nitrogens is 3. The largest absolute Gasteiger partial charge is 0.467 e. The number of anilines is 1. The minimum atomic E-state index is -0.151. The van der Waals surface area contributed by atoms with E-state index in [1.807, 2.05) is 42.5 Å². The molecule has 2 aromatic heterocycles. The molecule has 1 aliphatic carbocycles. The molecule has 166 valence electrons. The van der Waals surface area contributed by atoms with Gasteiger partial charge in [-0.1, -0.05) is 30.3 Å². The summed E-state index contributed by atoms with van der Waals surface area (Å²) in [5, 5.41) is 3.05. The Morgan fingerprint density at radius 3 is 2.31 bits per heavy atom. The van der Waals surface area contributed by atoms with Gasteiger partial charge in [0, 0.05) is 48.3 Å². The van der Waals surface area contributed by atoms with Gasteiger partial charge < -0.3 is 15.8 Å². The molecular formula is C24H28N6O2. The van der Waals surface area contributed by atoms with E-state index in [9.17, 15) is 4.79 Å². The lowest BCUT2D eigenvalue weighted by Crippen LogP contribution is -2.49. The number of nitrogens with one attached hydrogen (secondary N) is 1. The first-order valence-corrected chi connectivity index (χ1v) is 10.8. The first-order valence-electron chi connectivity index (χ1n) is 10.8. The number of benzene rings is 1. The molecule has 2 heterocycles. The van der Waals surface area contributed by atoms with Crippen LogP contribution in [0.25, 0.3) is 11.1 Å². The van der Waals surface area contributed by atoms with E-state index in [-0.39, 0.29) is 18.1 Å². The van der Waals surface area contributed by atoms with Gasteiger partial charge in [-0.05, 0) is 43.4 Å². The minimum Gasteiger partial charge on any atom is -0.467 e. The Kier molecular flexibility index (Phi) is 6.91. The number of amides is 2. The monoisotopic (exact) mass is 432 g/mol. The van der Waals surface area contributed by atoms with Crippen molar-refractivity contribution in [3.63, 3.8) is 0 Å². The van der Waals surface area contributed by atoms with E-state index in [0.29, 0.717) is 18.4 Å². The van der Waals surface area contributed by atoms with Crippen LogP contribution in [0.3, 0.4) is 0 Å². The molecule has 8 nitrogen and oxygen atoms in total. The molecule has 1 aliphatic rings. The van der Waals surface area contributed by atoms with Crippen LogP contribution in [0.2, 0.25) is 0 Å². The second-order valence-corrected chi connectivity index (χ2v) is 7.95. The number of carbonyl (C=O) groups is 1. The number of nitrogens with zero attached hydrogens (tertiary/aromatic N) is 4. The zero-order chi connectivity index (χ0) is 22.3.